The molecule has 4 fully saturated rings. The van der Waals surface area contributed by atoms with Gasteiger partial charge in [-0.1, -0.05) is 36.4 Å². The van der Waals surface area contributed by atoms with Gasteiger partial charge in [-0.15, -0.1) is 0 Å². The second kappa shape index (κ2) is 24.6. The Balaban J connectivity index is 0.000000173. The van der Waals surface area contributed by atoms with Gasteiger partial charge >= 0.3 is 18.1 Å². The summed E-state index contributed by atoms with van der Waals surface area (Å²) in [5.41, 5.74) is 7.97. The summed E-state index contributed by atoms with van der Waals surface area (Å²) in [5, 5.41) is 24.6. The second-order valence-electron chi connectivity index (χ2n) is 23.3. The first-order valence-corrected chi connectivity index (χ1v) is 29.0. The van der Waals surface area contributed by atoms with E-state index in [-0.39, 0.29) is 24.6 Å². The Morgan fingerprint density at radius 3 is 1.67 bits per heavy atom. The van der Waals surface area contributed by atoms with Crippen molar-refractivity contribution < 1.29 is 19.0 Å². The fourth-order valence-corrected chi connectivity index (χ4v) is 12.4. The molecule has 20 nitrogen and oxygen atoms in total. The normalized spacial score (nSPS) is 21.4. The molecule has 1 amide bonds. The number of aromatic nitrogens is 6. The minimum Gasteiger partial charge on any atom is -0.462 e. The van der Waals surface area contributed by atoms with Gasteiger partial charge in [0, 0.05) is 116 Å². The first-order chi connectivity index (χ1) is 39.4. The number of para-hydroxylation sites is 2. The van der Waals surface area contributed by atoms with Crippen LogP contribution in [0.2, 0.25) is 0 Å². The van der Waals surface area contributed by atoms with Gasteiger partial charge in [-0.05, 0) is 111 Å². The molecule has 12 rings (SSSR count). The lowest BCUT2D eigenvalue weighted by Crippen LogP contribution is -2.56. The number of pyridine rings is 2. The maximum Gasteiger partial charge on any atom is 0.410 e. The summed E-state index contributed by atoms with van der Waals surface area (Å²) in [7, 11) is 4.30. The number of carbonyl (C=O) groups excluding carboxylic acids is 1. The zero-order valence-electron chi connectivity index (χ0n) is 47.6. The number of piperazine rings is 2. The summed E-state index contributed by atoms with van der Waals surface area (Å²) in [6, 6.07) is 26.7. The van der Waals surface area contributed by atoms with Crippen LogP contribution in [-0.2, 0) is 30.7 Å². The Labute approximate surface area is 475 Å². The number of nitriles is 2. The first-order valence-electron chi connectivity index (χ1n) is 29.0. The number of carbonyl (C=O) groups is 1. The lowest BCUT2D eigenvalue weighted by Gasteiger charge is -2.42. The van der Waals surface area contributed by atoms with Crippen molar-refractivity contribution in [2.45, 2.75) is 115 Å². The summed E-state index contributed by atoms with van der Waals surface area (Å²) in [6.45, 7) is 15.9. The van der Waals surface area contributed by atoms with Crippen molar-refractivity contribution in [1.82, 2.24) is 49.9 Å². The van der Waals surface area contributed by atoms with Crippen molar-refractivity contribution >= 4 is 50.9 Å². The van der Waals surface area contributed by atoms with Crippen LogP contribution < -0.4 is 34.4 Å². The van der Waals surface area contributed by atoms with E-state index in [0.29, 0.717) is 76.5 Å². The van der Waals surface area contributed by atoms with Crippen molar-refractivity contribution in [3.05, 3.63) is 95.6 Å². The average molecular weight is 1100 g/mol. The maximum atomic E-state index is 13.0. The molecule has 2 unspecified atom stereocenters. The lowest BCUT2D eigenvalue weighted by molar-refractivity contribution is 0.0144. The summed E-state index contributed by atoms with van der Waals surface area (Å²) < 4.78 is 18.2. The van der Waals surface area contributed by atoms with Crippen LogP contribution in [0.5, 0.6) is 12.0 Å². The monoisotopic (exact) mass is 1100 g/mol. The Kier molecular flexibility index (Phi) is 16.8. The average Bonchev–Trinajstić information content (AvgIpc) is 4.24. The van der Waals surface area contributed by atoms with E-state index in [2.05, 4.69) is 107 Å². The van der Waals surface area contributed by atoms with Crippen LogP contribution in [0, 0.1) is 22.7 Å². The van der Waals surface area contributed by atoms with Gasteiger partial charge in [0.05, 0.1) is 66.5 Å². The van der Waals surface area contributed by atoms with Gasteiger partial charge in [-0.2, -0.15) is 30.5 Å². The van der Waals surface area contributed by atoms with Crippen LogP contribution in [0.3, 0.4) is 0 Å². The van der Waals surface area contributed by atoms with Crippen LogP contribution in [0.15, 0.2) is 73.1 Å². The molecule has 0 saturated carbocycles. The number of rotatable bonds is 12. The van der Waals surface area contributed by atoms with E-state index in [0.717, 1.165) is 134 Å². The molecule has 424 valence electrons. The number of fused-ring (bicyclic) bond motifs is 4. The molecule has 2 aromatic carbocycles. The maximum absolute atomic E-state index is 13.0. The second-order valence-corrected chi connectivity index (χ2v) is 23.3. The molecular formula is C61H76N16O4. The van der Waals surface area contributed by atoms with Crippen molar-refractivity contribution in [2.24, 2.45) is 0 Å². The molecule has 0 aliphatic carbocycles. The zero-order valence-corrected chi connectivity index (χ0v) is 47.6. The quantitative estimate of drug-likeness (QED) is 0.129. The number of amides is 1. The highest BCUT2D eigenvalue weighted by Gasteiger charge is 2.37. The minimum absolute atomic E-state index is 0.143. The molecule has 6 aromatic rings. The molecule has 6 aliphatic heterocycles. The number of nitrogens with zero attached hydrogens (tertiary/aromatic N) is 15. The molecule has 0 spiro atoms. The van der Waals surface area contributed by atoms with E-state index in [1.165, 1.54) is 17.7 Å². The summed E-state index contributed by atoms with van der Waals surface area (Å²) in [4.78, 5) is 57.7. The molecule has 0 radical (unpaired) electrons. The molecule has 1 N–H and O–H groups in total. The van der Waals surface area contributed by atoms with Gasteiger partial charge in [0.2, 0.25) is 0 Å². The molecular weight excluding hydrogens is 1020 g/mol. The minimum atomic E-state index is -0.608. The third kappa shape index (κ3) is 12.6. The molecule has 0 bridgehead atoms. The predicted molar refractivity (Wildman–Crippen MR) is 313 cm³/mol. The van der Waals surface area contributed by atoms with Crippen molar-refractivity contribution in [1.29, 1.82) is 10.5 Å². The van der Waals surface area contributed by atoms with E-state index < -0.39 is 5.60 Å². The zero-order chi connectivity index (χ0) is 56.0. The number of hydrogen-bond acceptors (Lipinski definition) is 19. The van der Waals surface area contributed by atoms with Crippen LogP contribution >= 0.6 is 0 Å². The van der Waals surface area contributed by atoms with Gasteiger partial charge in [0.25, 0.3) is 0 Å². The Morgan fingerprint density at radius 2 is 1.16 bits per heavy atom. The highest BCUT2D eigenvalue weighted by molar-refractivity contribution is 5.92. The standard InChI is InChI=1S/C33H42N8O3.C28H34N8O/c1-33(2,3)44-32(42)41-19-18-40(20-23(41)11-14-34)30-26-13-17-39(29-12-15-35-27-10-6-5-9-25(27)29)21-28(26)36-31(37-30)43-22-24-8-7-16-38(24)4;1-34-14-4-5-21(34)19-37-28-32-25-18-35(26-9-12-31-24-7-3-2-6-22(24)26)15-10-23(25)27(33-28)36-16-13-30-20(17-36)8-11-29/h5-6,9-10,12,15,23-24H,7-8,11,13,16-22H2,1-4H3;2-3,6-7,9,12,20-21,30H,4-5,8,10,13-19H2,1H3/t23?,24-;20?,21-/m00/s1. The molecule has 20 heteroatoms. The van der Waals surface area contributed by atoms with E-state index in [1.54, 1.807) is 4.90 Å². The highest BCUT2D eigenvalue weighted by Crippen LogP contribution is 2.37. The Morgan fingerprint density at radius 1 is 0.630 bits per heavy atom. The molecule has 4 atom stereocenters. The number of hydrogen-bond donors (Lipinski definition) is 1. The number of likely N-dealkylation sites (N-methyl/N-ethyl adjacent to an activating group) is 2. The van der Waals surface area contributed by atoms with Gasteiger partial charge in [0.15, 0.2) is 0 Å². The summed E-state index contributed by atoms with van der Waals surface area (Å²) in [5.74, 6) is 1.82. The number of ether oxygens (including phenoxy) is 3. The molecule has 4 saturated heterocycles. The van der Waals surface area contributed by atoms with Gasteiger partial charge < -0.3 is 53.8 Å². The fourth-order valence-electron chi connectivity index (χ4n) is 12.4. The molecule has 4 aromatic heterocycles. The topological polar surface area (TPSA) is 204 Å². The highest BCUT2D eigenvalue weighted by atomic mass is 16.6. The lowest BCUT2D eigenvalue weighted by atomic mass is 10.0. The third-order valence-electron chi connectivity index (χ3n) is 16.8. The number of benzene rings is 2. The SMILES string of the molecule is CN1CCC[C@H]1COc1nc2c(c(N3CCN(C(=O)OC(C)(C)C)C(CC#N)C3)n1)CCN(c1ccnc3ccccc13)C2.CN1CCC[C@H]1COc1nc2c(c(N3CCNC(CC#N)C3)n1)CCN(c1ccnc3ccccc13)C2. The summed E-state index contributed by atoms with van der Waals surface area (Å²) in [6.07, 6.45) is 10.3. The van der Waals surface area contributed by atoms with Crippen LogP contribution in [0.25, 0.3) is 21.8 Å². The Bertz CT molecular complexity index is 3280. The Hall–Kier alpha value is -7.65. The van der Waals surface area contributed by atoms with Crippen molar-refractivity contribution in [3.63, 3.8) is 0 Å². The smallest absolute Gasteiger partial charge is 0.410 e. The predicted octanol–water partition coefficient (Wildman–Crippen LogP) is 7.15. The van der Waals surface area contributed by atoms with E-state index in [1.807, 2.05) is 57.4 Å². The number of nitrogens with one attached hydrogen (secondary N) is 1. The van der Waals surface area contributed by atoms with E-state index in [9.17, 15) is 15.3 Å². The van der Waals surface area contributed by atoms with Crippen molar-refractivity contribution in [3.8, 4) is 24.2 Å². The van der Waals surface area contributed by atoms with Crippen LogP contribution in [-0.4, -0.2) is 173 Å². The first kappa shape index (κ1) is 55.3. The summed E-state index contributed by atoms with van der Waals surface area (Å²) >= 11 is 0. The molecule has 10 heterocycles. The third-order valence-corrected chi connectivity index (χ3v) is 16.8. The molecule has 81 heavy (non-hydrogen) atoms. The number of anilines is 4. The largest absolute Gasteiger partial charge is 0.462 e. The van der Waals surface area contributed by atoms with Crippen LogP contribution in [0.4, 0.5) is 27.8 Å². The van der Waals surface area contributed by atoms with Gasteiger partial charge in [-0.3, -0.25) is 9.97 Å². The molecule has 6 aliphatic rings. The van der Waals surface area contributed by atoms with Crippen LogP contribution in [0.1, 0.15) is 81.8 Å². The fraction of sp³-hybridized carbons (Fsp3) is 0.525. The van der Waals surface area contributed by atoms with E-state index >= 15 is 0 Å². The van der Waals surface area contributed by atoms with Crippen molar-refractivity contribution in [2.75, 3.05) is 112 Å². The van der Waals surface area contributed by atoms with Gasteiger partial charge in [-0.25, -0.2) is 4.79 Å². The number of likely N-dealkylation sites (tertiary alicyclic amines) is 2. The van der Waals surface area contributed by atoms with E-state index in [4.69, 9.17) is 34.1 Å². The van der Waals surface area contributed by atoms with Gasteiger partial charge in [0.1, 0.15) is 30.5 Å².